The highest BCUT2D eigenvalue weighted by atomic mass is 19.4. The van der Waals surface area contributed by atoms with Crippen LogP contribution >= 0.6 is 0 Å². The van der Waals surface area contributed by atoms with Crippen LogP contribution in [0.25, 0.3) is 0 Å². The van der Waals surface area contributed by atoms with E-state index in [4.69, 9.17) is 0 Å². The molecule has 0 fully saturated rings. The van der Waals surface area contributed by atoms with Crippen molar-refractivity contribution in [2.75, 3.05) is 0 Å². The van der Waals surface area contributed by atoms with E-state index in [1.54, 1.807) is 0 Å². The van der Waals surface area contributed by atoms with Gasteiger partial charge in [-0.1, -0.05) is 0 Å². The first-order valence-electron chi connectivity index (χ1n) is 14.7. The molecule has 0 saturated heterocycles. The van der Waals surface area contributed by atoms with Crippen molar-refractivity contribution >= 4 is 0 Å². The van der Waals surface area contributed by atoms with Crippen LogP contribution in [0, 0.1) is 0 Å². The molecule has 0 aliphatic carbocycles. The Morgan fingerprint density at radius 2 is 0.476 bits per heavy atom. The Morgan fingerprint density at radius 1 is 0.302 bits per heavy atom. The standard InChI is InChI=1S/6C4H4F4.3C3H4F2/c2*1-3(2-5)4(6,7)8;2*1-3(5)2-4(6,7)8;2*1-2-3(5)4(6,7)8;2*1-3(5)2-4;1-2-3(4)5/h6*2H,1H3;3*2H,1H3/b3-2+;3-2-;3-2+;3-2-;3-2+;3-2-;3-2+;3-2-;. The van der Waals surface area contributed by atoms with Crippen molar-refractivity contribution in [3.05, 3.63) is 108 Å². The van der Waals surface area contributed by atoms with Crippen molar-refractivity contribution in [3.63, 3.8) is 0 Å². The van der Waals surface area contributed by atoms with E-state index in [1.165, 1.54) is 6.92 Å². The summed E-state index contributed by atoms with van der Waals surface area (Å²) in [5.41, 5.74) is -2.42. The lowest BCUT2D eigenvalue weighted by Gasteiger charge is -2.01. The quantitative estimate of drug-likeness (QED) is 0.212. The molecular formula is C33H36F30. The molecule has 0 spiro atoms. The zero-order valence-corrected chi connectivity index (χ0v) is 33.0. The van der Waals surface area contributed by atoms with Gasteiger partial charge in [-0.3, -0.25) is 0 Å². The zero-order chi connectivity index (χ0) is 53.6. The van der Waals surface area contributed by atoms with Gasteiger partial charge < -0.3 is 0 Å². The molecule has 0 heterocycles. The summed E-state index contributed by atoms with van der Waals surface area (Å²) < 4.78 is 330. The maximum Gasteiger partial charge on any atom is 0.442 e. The van der Waals surface area contributed by atoms with E-state index in [9.17, 15) is 132 Å². The SMILES string of the molecule is C/C(=C/F)C(F)(F)F.C/C(=C\F)C(F)(F)F.C/C(F)=C/C(F)(F)F.C/C(F)=C/F.C/C(F)=C\C(F)(F)F.C/C(F)=C\F.C/C=C(/F)C(F)(F)F.C/C=C(\F)C(F)(F)F.CC=C(F)F. The number of hydrogen-bond donors (Lipinski definition) is 0. The summed E-state index contributed by atoms with van der Waals surface area (Å²) in [4.78, 5) is 0. The highest BCUT2D eigenvalue weighted by Crippen LogP contribution is 2.27. The van der Waals surface area contributed by atoms with Crippen LogP contribution in [-0.4, -0.2) is 37.1 Å². The fraction of sp³-hybridized carbons (Fsp3) is 0.455. The van der Waals surface area contributed by atoms with Crippen LogP contribution in [0.2, 0.25) is 0 Å². The number of hydrogen-bond acceptors (Lipinski definition) is 0. The van der Waals surface area contributed by atoms with E-state index in [0.29, 0.717) is 26.0 Å². The topological polar surface area (TPSA) is 0 Å². The normalized spacial score (nSPS) is 13.4. The van der Waals surface area contributed by atoms with Gasteiger partial charge in [0, 0.05) is 0 Å². The average Bonchev–Trinajstić information content (AvgIpc) is 3.08. The summed E-state index contributed by atoms with van der Waals surface area (Å²) in [6.07, 6.45) is -29.6. The number of alkyl halides is 18. The first-order chi connectivity index (χ1) is 27.6. The van der Waals surface area contributed by atoms with Gasteiger partial charge in [-0.2, -0.15) is 87.8 Å². The summed E-state index contributed by atoms with van der Waals surface area (Å²) in [5.74, 6) is -8.11. The average molecular weight is 1000 g/mol. The third-order valence-corrected chi connectivity index (χ3v) is 3.51. The molecule has 0 aromatic heterocycles. The zero-order valence-electron chi connectivity index (χ0n) is 33.0. The van der Waals surface area contributed by atoms with Gasteiger partial charge in [0.15, 0.2) is 11.7 Å². The van der Waals surface area contributed by atoms with Crippen molar-refractivity contribution in [2.24, 2.45) is 0 Å². The third-order valence-electron chi connectivity index (χ3n) is 3.51. The molecule has 0 aromatic carbocycles. The van der Waals surface area contributed by atoms with Crippen LogP contribution in [0.4, 0.5) is 132 Å². The van der Waals surface area contributed by atoms with Gasteiger partial charge in [0.1, 0.15) is 36.0 Å². The molecule has 0 amide bonds. The molecule has 0 saturated carbocycles. The predicted octanol–water partition coefficient (Wildman–Crippen LogP) is 19.9. The minimum atomic E-state index is -4.80. The van der Waals surface area contributed by atoms with Crippen LogP contribution in [0.5, 0.6) is 0 Å². The lowest BCUT2D eigenvalue weighted by atomic mass is 10.3. The Labute approximate surface area is 339 Å². The smallest absolute Gasteiger partial charge is 0.215 e. The lowest BCUT2D eigenvalue weighted by molar-refractivity contribution is -0.109. The van der Waals surface area contributed by atoms with E-state index in [0.717, 1.165) is 47.6 Å². The van der Waals surface area contributed by atoms with Gasteiger partial charge in [-0.25, -0.2) is 43.9 Å². The van der Waals surface area contributed by atoms with Gasteiger partial charge in [0.25, 0.3) is 6.08 Å². The van der Waals surface area contributed by atoms with Crippen molar-refractivity contribution in [1.29, 1.82) is 0 Å². The van der Waals surface area contributed by atoms with E-state index in [1.807, 2.05) is 0 Å². The molecule has 0 bridgehead atoms. The van der Waals surface area contributed by atoms with Gasteiger partial charge in [0.05, 0.1) is 36.0 Å². The summed E-state index contributed by atoms with van der Waals surface area (Å²) in [7, 11) is 0. The largest absolute Gasteiger partial charge is 0.442 e. The molecule has 30 heteroatoms. The molecule has 0 N–H and O–H groups in total. The predicted molar refractivity (Wildman–Crippen MR) is 173 cm³/mol. The summed E-state index contributed by atoms with van der Waals surface area (Å²) in [6.45, 7) is 8.17. The van der Waals surface area contributed by atoms with Crippen LogP contribution in [0.15, 0.2) is 108 Å². The molecule has 63 heavy (non-hydrogen) atoms. The maximum absolute atomic E-state index is 11.4. The maximum atomic E-state index is 11.4. The Kier molecular flexibility index (Phi) is 50.6. The fourth-order valence-electron chi connectivity index (χ4n) is 0.902. The molecule has 0 radical (unpaired) electrons. The van der Waals surface area contributed by atoms with Crippen LogP contribution < -0.4 is 0 Å². The number of allylic oxidation sites excluding steroid dienone is 13. The van der Waals surface area contributed by atoms with Crippen molar-refractivity contribution in [2.45, 2.75) is 99.4 Å². The van der Waals surface area contributed by atoms with E-state index in [-0.39, 0.29) is 12.7 Å². The Balaban J connectivity index is -0.0000000749. The fourth-order valence-corrected chi connectivity index (χ4v) is 0.902. The molecule has 0 aliphatic heterocycles. The van der Waals surface area contributed by atoms with E-state index in [2.05, 4.69) is 0 Å². The first kappa shape index (κ1) is 79.0. The van der Waals surface area contributed by atoms with Gasteiger partial charge >= 0.3 is 37.1 Å². The molecular weight excluding hydrogens is 966 g/mol. The first-order valence-corrected chi connectivity index (χ1v) is 14.7. The van der Waals surface area contributed by atoms with Crippen molar-refractivity contribution in [3.8, 4) is 0 Å². The number of rotatable bonds is 0. The molecule has 0 nitrogen and oxygen atoms in total. The van der Waals surface area contributed by atoms with Gasteiger partial charge in [0.2, 0.25) is 0 Å². The van der Waals surface area contributed by atoms with E-state index < -0.39 is 114 Å². The van der Waals surface area contributed by atoms with Crippen LogP contribution in [0.1, 0.15) is 62.3 Å². The Morgan fingerprint density at radius 3 is 0.476 bits per heavy atom. The summed E-state index contributed by atoms with van der Waals surface area (Å²) in [5, 5.41) is 0. The van der Waals surface area contributed by atoms with Crippen molar-refractivity contribution in [1.82, 2.24) is 0 Å². The van der Waals surface area contributed by atoms with E-state index >= 15 is 0 Å². The second-order valence-corrected chi connectivity index (χ2v) is 9.36. The summed E-state index contributed by atoms with van der Waals surface area (Å²) >= 11 is 0. The molecule has 0 unspecified atom stereocenters. The molecule has 0 aliphatic rings. The van der Waals surface area contributed by atoms with Gasteiger partial charge in [-0.15, -0.1) is 0 Å². The minimum Gasteiger partial charge on any atom is -0.215 e. The van der Waals surface area contributed by atoms with Gasteiger partial charge in [-0.05, 0) is 80.5 Å². The van der Waals surface area contributed by atoms with Crippen molar-refractivity contribution < 1.29 is 132 Å². The Hall–Kier alpha value is -4.44. The monoisotopic (exact) mass is 1000 g/mol. The molecule has 378 valence electrons. The Bertz CT molecular complexity index is 1210. The minimum absolute atomic E-state index is 0.0833. The highest BCUT2D eigenvalue weighted by molar-refractivity contribution is 5.01. The van der Waals surface area contributed by atoms with Crippen LogP contribution in [-0.2, 0) is 0 Å². The number of halogens is 30. The molecule has 0 atom stereocenters. The molecule has 0 aromatic rings. The third kappa shape index (κ3) is 93.6. The molecule has 0 rings (SSSR count). The second-order valence-electron chi connectivity index (χ2n) is 9.36. The highest BCUT2D eigenvalue weighted by Gasteiger charge is 2.34. The second kappa shape index (κ2) is 40.3. The van der Waals surface area contributed by atoms with Crippen LogP contribution in [0.3, 0.4) is 0 Å². The summed E-state index contributed by atoms with van der Waals surface area (Å²) in [6, 6.07) is 0. The lowest BCUT2D eigenvalue weighted by Crippen LogP contribution is -2.07.